The van der Waals surface area contributed by atoms with Crippen LogP contribution in [0.2, 0.25) is 0 Å². The molecule has 0 amide bonds. The third-order valence-corrected chi connectivity index (χ3v) is 7.92. The number of carbonyl (C=O) groups excluding carboxylic acids is 2. The molecule has 3 unspecified atom stereocenters. The van der Waals surface area contributed by atoms with Crippen LogP contribution in [0.15, 0.2) is 72.9 Å². The number of aliphatic carboxylic acids is 1. The summed E-state index contributed by atoms with van der Waals surface area (Å²) in [5.74, 6) is -2.56. The average molecular weight is 724 g/mol. The first-order valence-electron chi connectivity index (χ1n) is 18.0. The van der Waals surface area contributed by atoms with Crippen LogP contribution in [0.1, 0.15) is 117 Å². The lowest BCUT2D eigenvalue weighted by atomic mass is 10.1. The second-order valence-electron chi connectivity index (χ2n) is 11.6. The summed E-state index contributed by atoms with van der Waals surface area (Å²) in [5, 5.41) is 8.84. The monoisotopic (exact) mass is 723 g/mol. The Morgan fingerprint density at radius 2 is 1.18 bits per heavy atom. The molecule has 0 aliphatic carbocycles. The highest BCUT2D eigenvalue weighted by Crippen LogP contribution is 2.43. The summed E-state index contributed by atoms with van der Waals surface area (Å²) in [5.41, 5.74) is 5.30. The number of nitrogens with two attached hydrogens (primary N) is 1. The number of carbonyl (C=O) groups is 3. The number of phosphoric acid groups is 1. The van der Waals surface area contributed by atoms with E-state index in [4.69, 9.17) is 24.8 Å². The molecule has 12 heteroatoms. The lowest BCUT2D eigenvalue weighted by Gasteiger charge is -2.20. The number of allylic oxidation sites excluding steroid dienone is 11. The number of unbranched alkanes of at least 4 members (excludes halogenated alkanes) is 7. The van der Waals surface area contributed by atoms with Gasteiger partial charge in [-0.15, -0.1) is 0 Å². The lowest BCUT2D eigenvalue weighted by molar-refractivity contribution is -0.160. The Morgan fingerprint density at radius 1 is 0.660 bits per heavy atom. The third-order valence-electron chi connectivity index (χ3n) is 6.97. The van der Waals surface area contributed by atoms with Crippen LogP contribution in [0.4, 0.5) is 0 Å². The SMILES string of the molecule is CC/C=C\C/C=C\C/C=C\C/C=C\C/C=C\CC(=O)OC(COC(=O)CCCCCCC/C=C\CCCC)COP(=O)(O)OCC(N)C(=O)O. The smallest absolute Gasteiger partial charge is 0.472 e. The van der Waals surface area contributed by atoms with Gasteiger partial charge < -0.3 is 25.2 Å². The van der Waals surface area contributed by atoms with Crippen molar-refractivity contribution in [3.8, 4) is 0 Å². The first-order valence-corrected chi connectivity index (χ1v) is 19.5. The van der Waals surface area contributed by atoms with E-state index in [1.54, 1.807) is 6.08 Å². The number of carboxylic acids is 1. The highest BCUT2D eigenvalue weighted by Gasteiger charge is 2.28. The van der Waals surface area contributed by atoms with Crippen molar-refractivity contribution in [2.24, 2.45) is 5.73 Å². The van der Waals surface area contributed by atoms with Crippen molar-refractivity contribution in [2.75, 3.05) is 19.8 Å². The number of ether oxygens (including phenoxy) is 2. The molecular formula is C38H62NO10P. The lowest BCUT2D eigenvalue weighted by Crippen LogP contribution is -2.34. The van der Waals surface area contributed by atoms with Crippen LogP contribution < -0.4 is 5.73 Å². The van der Waals surface area contributed by atoms with E-state index in [0.29, 0.717) is 12.8 Å². The Labute approximate surface area is 300 Å². The molecule has 0 bridgehead atoms. The van der Waals surface area contributed by atoms with Gasteiger partial charge in [0, 0.05) is 6.42 Å². The van der Waals surface area contributed by atoms with Crippen molar-refractivity contribution in [3.63, 3.8) is 0 Å². The molecule has 0 aromatic rings. The average Bonchev–Trinajstić information content (AvgIpc) is 3.09. The Morgan fingerprint density at radius 3 is 1.76 bits per heavy atom. The fourth-order valence-electron chi connectivity index (χ4n) is 4.12. The molecule has 4 N–H and O–H groups in total. The summed E-state index contributed by atoms with van der Waals surface area (Å²) < 4.78 is 32.3. The van der Waals surface area contributed by atoms with E-state index in [1.165, 1.54) is 12.8 Å². The topological polar surface area (TPSA) is 172 Å². The molecular weight excluding hydrogens is 661 g/mol. The van der Waals surface area contributed by atoms with E-state index in [2.05, 4.69) is 67.0 Å². The number of rotatable bonds is 32. The second-order valence-corrected chi connectivity index (χ2v) is 13.1. The molecule has 0 aliphatic rings. The van der Waals surface area contributed by atoms with Crippen LogP contribution in [0.25, 0.3) is 0 Å². The summed E-state index contributed by atoms with van der Waals surface area (Å²) >= 11 is 0. The Bertz CT molecular complexity index is 1130. The highest BCUT2D eigenvalue weighted by atomic mass is 31.2. The summed E-state index contributed by atoms with van der Waals surface area (Å²) in [6, 6.07) is -1.54. The largest absolute Gasteiger partial charge is 0.480 e. The molecule has 0 aliphatic heterocycles. The number of hydrogen-bond acceptors (Lipinski definition) is 9. The minimum Gasteiger partial charge on any atom is -0.480 e. The first kappa shape index (κ1) is 46.9. The van der Waals surface area contributed by atoms with E-state index < -0.39 is 57.7 Å². The van der Waals surface area contributed by atoms with Crippen molar-refractivity contribution < 1.29 is 47.5 Å². The number of esters is 2. The van der Waals surface area contributed by atoms with Crippen molar-refractivity contribution in [1.82, 2.24) is 0 Å². The van der Waals surface area contributed by atoms with E-state index in [-0.39, 0.29) is 12.8 Å². The van der Waals surface area contributed by atoms with Crippen LogP contribution in [0, 0.1) is 0 Å². The summed E-state index contributed by atoms with van der Waals surface area (Å²) in [7, 11) is -4.74. The van der Waals surface area contributed by atoms with Gasteiger partial charge in [-0.3, -0.25) is 23.4 Å². The van der Waals surface area contributed by atoms with Crippen LogP contribution in [-0.2, 0) is 37.5 Å². The van der Waals surface area contributed by atoms with Gasteiger partial charge in [-0.05, 0) is 57.8 Å². The van der Waals surface area contributed by atoms with E-state index in [9.17, 15) is 23.8 Å². The zero-order valence-electron chi connectivity index (χ0n) is 30.2. The van der Waals surface area contributed by atoms with Gasteiger partial charge in [0.05, 0.1) is 19.6 Å². The molecule has 0 saturated heterocycles. The van der Waals surface area contributed by atoms with Crippen LogP contribution in [0.5, 0.6) is 0 Å². The van der Waals surface area contributed by atoms with E-state index >= 15 is 0 Å². The molecule has 0 saturated carbocycles. The molecule has 3 atom stereocenters. The summed E-state index contributed by atoms with van der Waals surface area (Å²) in [6.45, 7) is 2.49. The van der Waals surface area contributed by atoms with Crippen molar-refractivity contribution in [1.29, 1.82) is 0 Å². The fourth-order valence-corrected chi connectivity index (χ4v) is 4.90. The maximum Gasteiger partial charge on any atom is 0.472 e. The van der Waals surface area contributed by atoms with Gasteiger partial charge in [0.1, 0.15) is 12.6 Å². The van der Waals surface area contributed by atoms with Crippen LogP contribution in [-0.4, -0.2) is 59.9 Å². The van der Waals surface area contributed by atoms with E-state index in [0.717, 1.165) is 64.2 Å². The quantitative estimate of drug-likeness (QED) is 0.0263. The molecule has 50 heavy (non-hydrogen) atoms. The molecule has 0 rings (SSSR count). The third kappa shape index (κ3) is 32.1. The summed E-state index contributed by atoms with van der Waals surface area (Å²) in [4.78, 5) is 45.6. The molecule has 0 aromatic heterocycles. The predicted molar refractivity (Wildman–Crippen MR) is 198 cm³/mol. The number of phosphoric ester groups is 1. The maximum absolute atomic E-state index is 12.5. The Kier molecular flexibility index (Phi) is 31.0. The number of carboxylic acid groups (broad SMARTS) is 1. The minimum absolute atomic E-state index is 0.0761. The zero-order valence-corrected chi connectivity index (χ0v) is 31.1. The molecule has 0 aromatic carbocycles. The second kappa shape index (κ2) is 33.1. The van der Waals surface area contributed by atoms with Gasteiger partial charge in [-0.2, -0.15) is 0 Å². The fraction of sp³-hybridized carbons (Fsp3) is 0.605. The number of hydrogen-bond donors (Lipinski definition) is 3. The Balaban J connectivity index is 4.66. The van der Waals surface area contributed by atoms with Gasteiger partial charge in [0.25, 0.3) is 0 Å². The van der Waals surface area contributed by atoms with Crippen LogP contribution >= 0.6 is 7.82 Å². The molecule has 11 nitrogen and oxygen atoms in total. The van der Waals surface area contributed by atoms with Crippen LogP contribution in [0.3, 0.4) is 0 Å². The van der Waals surface area contributed by atoms with Crippen molar-refractivity contribution in [3.05, 3.63) is 72.9 Å². The van der Waals surface area contributed by atoms with Gasteiger partial charge >= 0.3 is 25.7 Å². The van der Waals surface area contributed by atoms with Gasteiger partial charge in [-0.1, -0.05) is 119 Å². The Hall–Kier alpha value is -3.08. The molecule has 0 spiro atoms. The van der Waals surface area contributed by atoms with Gasteiger partial charge in [0.15, 0.2) is 6.10 Å². The van der Waals surface area contributed by atoms with Gasteiger partial charge in [-0.25, -0.2) is 4.57 Å². The maximum atomic E-state index is 12.5. The molecule has 284 valence electrons. The standard InChI is InChI=1S/C38H62NO10P/c1-3-5-7-9-11-13-15-16-17-18-20-22-24-26-28-30-37(41)49-34(32-47-50(44,45)48-33-35(39)38(42)43)31-46-36(40)29-27-25-23-21-19-14-12-10-8-6-4-2/h5,7,10-13,16-17,20,22,26,28,34-35H,3-4,6,8-9,14-15,18-19,21,23-25,27,29-33,39H2,1-2H3,(H,42,43)(H,44,45)/b7-5-,12-10-,13-11-,17-16-,22-20-,28-26-. The molecule has 0 radical (unpaired) electrons. The zero-order chi connectivity index (χ0) is 37.1. The van der Waals surface area contributed by atoms with Gasteiger partial charge in [0.2, 0.25) is 0 Å². The predicted octanol–water partition coefficient (Wildman–Crippen LogP) is 8.61. The first-order chi connectivity index (χ1) is 24.1. The molecule has 0 heterocycles. The van der Waals surface area contributed by atoms with Crippen molar-refractivity contribution in [2.45, 2.75) is 129 Å². The van der Waals surface area contributed by atoms with Crippen molar-refractivity contribution >= 4 is 25.7 Å². The molecule has 0 fully saturated rings. The minimum atomic E-state index is -4.74. The normalized spacial score (nSPS) is 14.8. The van der Waals surface area contributed by atoms with E-state index in [1.807, 2.05) is 18.2 Å². The summed E-state index contributed by atoms with van der Waals surface area (Å²) in [6.07, 6.45) is 37.3. The highest BCUT2D eigenvalue weighted by molar-refractivity contribution is 7.47.